The first-order valence-electron chi connectivity index (χ1n) is 5.43. The van der Waals surface area contributed by atoms with Gasteiger partial charge in [0.15, 0.2) is 5.78 Å². The topological polar surface area (TPSA) is 63.2 Å². The highest BCUT2D eigenvalue weighted by Crippen LogP contribution is 2.23. The van der Waals surface area contributed by atoms with Crippen molar-refractivity contribution < 1.29 is 13.8 Å². The van der Waals surface area contributed by atoms with Gasteiger partial charge in [0.05, 0.1) is 10.3 Å². The Morgan fingerprint density at radius 2 is 2.00 bits per heavy atom. The van der Waals surface area contributed by atoms with E-state index in [1.807, 2.05) is 0 Å². The quantitative estimate of drug-likeness (QED) is 0.844. The predicted octanol–water partition coefficient (Wildman–Crippen LogP) is 2.06. The van der Waals surface area contributed by atoms with Gasteiger partial charge < -0.3 is 5.32 Å². The summed E-state index contributed by atoms with van der Waals surface area (Å²) < 4.78 is 11.9. The molecule has 2 atom stereocenters. The van der Waals surface area contributed by atoms with Crippen molar-refractivity contribution in [3.63, 3.8) is 0 Å². The van der Waals surface area contributed by atoms with Gasteiger partial charge in [0, 0.05) is 28.4 Å². The summed E-state index contributed by atoms with van der Waals surface area (Å²) in [5, 5.41) is 2.18. The Labute approximate surface area is 123 Å². The van der Waals surface area contributed by atoms with Crippen LogP contribution >= 0.6 is 23.2 Å². The fourth-order valence-electron chi connectivity index (χ4n) is 1.35. The van der Waals surface area contributed by atoms with Gasteiger partial charge >= 0.3 is 0 Å². The third-order valence-electron chi connectivity index (χ3n) is 2.51. The lowest BCUT2D eigenvalue weighted by Gasteiger charge is -2.11. The van der Waals surface area contributed by atoms with Crippen LogP contribution in [0.25, 0.3) is 0 Å². The van der Waals surface area contributed by atoms with Gasteiger partial charge in [0.1, 0.15) is 5.75 Å². The molecule has 0 heterocycles. The van der Waals surface area contributed by atoms with E-state index in [2.05, 4.69) is 5.32 Å². The number of nitrogens with one attached hydrogen (secondary N) is 1. The molecule has 7 heteroatoms. The van der Waals surface area contributed by atoms with E-state index in [4.69, 9.17) is 23.2 Å². The molecule has 2 unspecified atom stereocenters. The number of amides is 1. The van der Waals surface area contributed by atoms with Gasteiger partial charge in [-0.15, -0.1) is 0 Å². The molecule has 0 radical (unpaired) electrons. The van der Waals surface area contributed by atoms with Crippen LogP contribution in [-0.2, 0) is 15.6 Å². The lowest BCUT2D eigenvalue weighted by Crippen LogP contribution is -2.31. The minimum absolute atomic E-state index is 0.210. The summed E-state index contributed by atoms with van der Waals surface area (Å²) in [6.45, 7) is 1.51. The Kier molecular flexibility index (Phi) is 5.97. The number of carbonyl (C=O) groups excluding carboxylic acids is 2. The zero-order valence-corrected chi connectivity index (χ0v) is 12.7. The summed E-state index contributed by atoms with van der Waals surface area (Å²) in [6, 6.07) is 4.47. The molecule has 1 aromatic rings. The van der Waals surface area contributed by atoms with Crippen molar-refractivity contribution in [2.24, 2.45) is 0 Å². The highest BCUT2D eigenvalue weighted by molar-refractivity contribution is 7.87. The third-order valence-corrected chi connectivity index (χ3v) is 4.61. The van der Waals surface area contributed by atoms with E-state index in [0.29, 0.717) is 5.02 Å². The SMILES string of the molecule is CNC(=O)CS(=O)C(C)C(=O)c1ccc(Cl)cc1Cl. The monoisotopic (exact) mass is 321 g/mol. The van der Waals surface area contributed by atoms with Crippen molar-refractivity contribution >= 4 is 45.7 Å². The average molecular weight is 322 g/mol. The second kappa shape index (κ2) is 7.03. The van der Waals surface area contributed by atoms with Crippen molar-refractivity contribution in [2.45, 2.75) is 12.2 Å². The Balaban J connectivity index is 2.87. The zero-order chi connectivity index (χ0) is 14.6. The molecule has 104 valence electrons. The summed E-state index contributed by atoms with van der Waals surface area (Å²) in [6.07, 6.45) is 0. The molecule has 0 aliphatic carbocycles. The van der Waals surface area contributed by atoms with Crippen LogP contribution in [0.2, 0.25) is 10.0 Å². The molecule has 0 fully saturated rings. The van der Waals surface area contributed by atoms with E-state index in [1.54, 1.807) is 0 Å². The van der Waals surface area contributed by atoms with Crippen LogP contribution < -0.4 is 5.32 Å². The number of benzene rings is 1. The maximum atomic E-state index is 12.1. The summed E-state index contributed by atoms with van der Waals surface area (Å²) >= 11 is 11.7. The van der Waals surface area contributed by atoms with E-state index >= 15 is 0 Å². The van der Waals surface area contributed by atoms with Crippen molar-refractivity contribution in [2.75, 3.05) is 12.8 Å². The fraction of sp³-hybridized carbons (Fsp3) is 0.333. The van der Waals surface area contributed by atoms with E-state index in [9.17, 15) is 13.8 Å². The fourth-order valence-corrected chi connectivity index (χ4v) is 2.87. The molecule has 0 spiro atoms. The molecule has 0 aliphatic rings. The average Bonchev–Trinajstić information content (AvgIpc) is 2.36. The van der Waals surface area contributed by atoms with Gasteiger partial charge in [-0.05, 0) is 25.1 Å². The van der Waals surface area contributed by atoms with Gasteiger partial charge in [-0.25, -0.2) is 0 Å². The molecule has 1 N–H and O–H groups in total. The minimum Gasteiger partial charge on any atom is -0.358 e. The maximum absolute atomic E-state index is 12.1. The van der Waals surface area contributed by atoms with Crippen molar-refractivity contribution in [1.29, 1.82) is 0 Å². The van der Waals surface area contributed by atoms with Crippen molar-refractivity contribution in [1.82, 2.24) is 5.32 Å². The number of hydrogen-bond donors (Lipinski definition) is 1. The Hall–Kier alpha value is -0.910. The highest BCUT2D eigenvalue weighted by atomic mass is 35.5. The lowest BCUT2D eigenvalue weighted by molar-refractivity contribution is -0.118. The van der Waals surface area contributed by atoms with E-state index < -0.39 is 16.0 Å². The summed E-state index contributed by atoms with van der Waals surface area (Å²) in [5.74, 6) is -0.960. The molecule has 19 heavy (non-hydrogen) atoms. The normalized spacial score (nSPS) is 13.7. The molecule has 0 saturated carbocycles. The molecule has 4 nitrogen and oxygen atoms in total. The highest BCUT2D eigenvalue weighted by Gasteiger charge is 2.24. The van der Waals surface area contributed by atoms with Gasteiger partial charge in [-0.3, -0.25) is 13.8 Å². The molecule has 1 aromatic carbocycles. The van der Waals surface area contributed by atoms with E-state index in [-0.39, 0.29) is 28.0 Å². The van der Waals surface area contributed by atoms with Crippen molar-refractivity contribution in [3.8, 4) is 0 Å². The van der Waals surface area contributed by atoms with Crippen LogP contribution in [0.1, 0.15) is 17.3 Å². The number of hydrogen-bond acceptors (Lipinski definition) is 3. The smallest absolute Gasteiger partial charge is 0.232 e. The largest absolute Gasteiger partial charge is 0.358 e. The van der Waals surface area contributed by atoms with Crippen LogP contribution in [0.15, 0.2) is 18.2 Å². The zero-order valence-electron chi connectivity index (χ0n) is 10.4. The van der Waals surface area contributed by atoms with Crippen molar-refractivity contribution in [3.05, 3.63) is 33.8 Å². The van der Waals surface area contributed by atoms with Crippen LogP contribution in [0.3, 0.4) is 0 Å². The summed E-state index contributed by atoms with van der Waals surface area (Å²) in [5.41, 5.74) is 0.254. The minimum atomic E-state index is -1.59. The molecule has 0 aliphatic heterocycles. The molecule has 1 amide bonds. The number of halogens is 2. The summed E-state index contributed by atoms with van der Waals surface area (Å²) in [4.78, 5) is 23.3. The Bertz CT molecular complexity index is 534. The lowest BCUT2D eigenvalue weighted by atomic mass is 10.1. The Morgan fingerprint density at radius 1 is 1.37 bits per heavy atom. The van der Waals surface area contributed by atoms with Crippen LogP contribution in [0.4, 0.5) is 0 Å². The first-order chi connectivity index (χ1) is 8.86. The molecule has 0 bridgehead atoms. The van der Waals surface area contributed by atoms with Gasteiger partial charge in [0.25, 0.3) is 0 Å². The van der Waals surface area contributed by atoms with E-state index in [1.165, 1.54) is 32.2 Å². The molecule has 1 rings (SSSR count). The third kappa shape index (κ3) is 4.30. The van der Waals surface area contributed by atoms with Gasteiger partial charge in [0.2, 0.25) is 5.91 Å². The van der Waals surface area contributed by atoms with Gasteiger partial charge in [-0.1, -0.05) is 23.2 Å². The maximum Gasteiger partial charge on any atom is 0.232 e. The first-order valence-corrected chi connectivity index (χ1v) is 7.57. The van der Waals surface area contributed by atoms with Gasteiger partial charge in [-0.2, -0.15) is 0 Å². The molecule has 0 saturated heterocycles. The first kappa shape index (κ1) is 16.1. The summed E-state index contributed by atoms with van der Waals surface area (Å²) in [7, 11) is -0.146. The predicted molar refractivity (Wildman–Crippen MR) is 77.3 cm³/mol. The number of ketones is 1. The number of Topliss-reactive ketones (excluding diaryl/α,β-unsaturated/α-hetero) is 1. The Morgan fingerprint density at radius 3 is 2.53 bits per heavy atom. The second-order valence-corrected chi connectivity index (χ2v) is 6.43. The second-order valence-electron chi connectivity index (χ2n) is 3.83. The molecular formula is C12H13Cl2NO3S. The molecule has 0 aromatic heterocycles. The molecular weight excluding hydrogens is 309 g/mol. The number of carbonyl (C=O) groups is 2. The van der Waals surface area contributed by atoms with Crippen LogP contribution in [-0.4, -0.2) is 33.9 Å². The standard InChI is InChI=1S/C12H13Cl2NO3S/c1-7(19(18)6-11(16)15-2)12(17)9-4-3-8(13)5-10(9)14/h3-5,7H,6H2,1-2H3,(H,15,16). The van der Waals surface area contributed by atoms with Crippen LogP contribution in [0, 0.1) is 0 Å². The van der Waals surface area contributed by atoms with E-state index in [0.717, 1.165) is 0 Å². The number of rotatable bonds is 5. The van der Waals surface area contributed by atoms with Crippen LogP contribution in [0.5, 0.6) is 0 Å².